The largest absolute Gasteiger partial charge is 0.478 e. The number of thiophene rings is 1. The Morgan fingerprint density at radius 1 is 1.38 bits per heavy atom. The molecule has 0 saturated heterocycles. The molecular weight excluding hydrogens is 317 g/mol. The highest BCUT2D eigenvalue weighted by molar-refractivity contribution is 7.89. The summed E-state index contributed by atoms with van der Waals surface area (Å²) in [5, 5.41) is 12.5. The summed E-state index contributed by atoms with van der Waals surface area (Å²) in [7, 11) is -4.12. The fourth-order valence-corrected chi connectivity index (χ4v) is 3.63. The number of carbonyl (C=O) groups is 1. The van der Waals surface area contributed by atoms with Crippen molar-refractivity contribution in [2.24, 2.45) is 0 Å². The van der Waals surface area contributed by atoms with Crippen LogP contribution in [0.4, 0.5) is 4.39 Å². The van der Waals surface area contributed by atoms with Gasteiger partial charge in [0.1, 0.15) is 10.7 Å². The third-order valence-corrected chi connectivity index (χ3v) is 5.21. The molecule has 0 bridgehead atoms. The van der Waals surface area contributed by atoms with Crippen LogP contribution in [0.1, 0.15) is 21.5 Å². The Kier molecular flexibility index (Phi) is 4.40. The average molecular weight is 329 g/mol. The van der Waals surface area contributed by atoms with Gasteiger partial charge in [0.25, 0.3) is 0 Å². The van der Waals surface area contributed by atoms with Gasteiger partial charge in [0.15, 0.2) is 0 Å². The molecule has 0 atom stereocenters. The van der Waals surface area contributed by atoms with E-state index in [9.17, 15) is 17.6 Å². The van der Waals surface area contributed by atoms with E-state index in [-0.39, 0.29) is 12.1 Å². The smallest absolute Gasteiger partial charge is 0.335 e. The van der Waals surface area contributed by atoms with Crippen LogP contribution in [0.5, 0.6) is 0 Å². The second-order valence-electron chi connectivity index (χ2n) is 4.35. The maximum Gasteiger partial charge on any atom is 0.335 e. The number of carboxylic acid groups (broad SMARTS) is 1. The SMILES string of the molecule is Cc1cscc1CNS(=O)(=O)c1cc(C(=O)O)ccc1F. The van der Waals surface area contributed by atoms with E-state index in [0.717, 1.165) is 29.3 Å². The number of benzene rings is 1. The van der Waals surface area contributed by atoms with Crippen LogP contribution >= 0.6 is 11.3 Å². The van der Waals surface area contributed by atoms with Gasteiger partial charge < -0.3 is 5.11 Å². The second-order valence-corrected chi connectivity index (χ2v) is 6.83. The lowest BCUT2D eigenvalue weighted by Crippen LogP contribution is -2.24. The van der Waals surface area contributed by atoms with Gasteiger partial charge in [-0.05, 0) is 47.0 Å². The summed E-state index contributed by atoms with van der Waals surface area (Å²) in [5.74, 6) is -2.31. The number of aryl methyl sites for hydroxylation is 1. The van der Waals surface area contributed by atoms with E-state index in [1.807, 2.05) is 12.3 Å². The molecule has 0 spiro atoms. The van der Waals surface area contributed by atoms with Crippen LogP contribution in [0, 0.1) is 12.7 Å². The number of nitrogens with one attached hydrogen (secondary N) is 1. The molecule has 1 aromatic heterocycles. The van der Waals surface area contributed by atoms with E-state index in [1.165, 1.54) is 11.3 Å². The van der Waals surface area contributed by atoms with Gasteiger partial charge in [0, 0.05) is 6.54 Å². The monoisotopic (exact) mass is 329 g/mol. The van der Waals surface area contributed by atoms with Gasteiger partial charge in [-0.15, -0.1) is 0 Å². The lowest BCUT2D eigenvalue weighted by molar-refractivity contribution is 0.0696. The molecule has 0 aliphatic carbocycles. The minimum absolute atomic E-state index is 0.0222. The molecule has 2 aromatic rings. The van der Waals surface area contributed by atoms with Gasteiger partial charge in [-0.2, -0.15) is 11.3 Å². The minimum atomic E-state index is -4.12. The topological polar surface area (TPSA) is 83.5 Å². The number of aromatic carboxylic acids is 1. The quantitative estimate of drug-likeness (QED) is 0.882. The van der Waals surface area contributed by atoms with Gasteiger partial charge in [-0.25, -0.2) is 22.3 Å². The predicted molar refractivity (Wildman–Crippen MR) is 76.4 cm³/mol. The van der Waals surface area contributed by atoms with Crippen LogP contribution in [-0.4, -0.2) is 19.5 Å². The number of carboxylic acids is 1. The van der Waals surface area contributed by atoms with Crippen molar-refractivity contribution in [2.45, 2.75) is 18.4 Å². The molecule has 0 aliphatic rings. The van der Waals surface area contributed by atoms with E-state index in [0.29, 0.717) is 0 Å². The lowest BCUT2D eigenvalue weighted by Gasteiger charge is -2.08. The number of sulfonamides is 1. The van der Waals surface area contributed by atoms with Crippen molar-refractivity contribution in [3.63, 3.8) is 0 Å². The zero-order valence-electron chi connectivity index (χ0n) is 11.0. The van der Waals surface area contributed by atoms with Crippen molar-refractivity contribution in [1.82, 2.24) is 4.72 Å². The molecule has 21 heavy (non-hydrogen) atoms. The standard InChI is InChI=1S/C13H12FNO4S2/c1-8-6-20-7-10(8)5-15-21(18,19)12-4-9(13(16)17)2-3-11(12)14/h2-4,6-7,15H,5H2,1H3,(H,16,17). The number of hydrogen-bond acceptors (Lipinski definition) is 4. The van der Waals surface area contributed by atoms with Crippen molar-refractivity contribution >= 4 is 27.3 Å². The summed E-state index contributed by atoms with van der Waals surface area (Å²) in [5.41, 5.74) is 1.43. The predicted octanol–water partition coefficient (Wildman–Crippen LogP) is 2.37. The lowest BCUT2D eigenvalue weighted by atomic mass is 10.2. The fraction of sp³-hybridized carbons (Fsp3) is 0.154. The van der Waals surface area contributed by atoms with Gasteiger partial charge in [-0.3, -0.25) is 0 Å². The summed E-state index contributed by atoms with van der Waals surface area (Å²) < 4.78 is 40.1. The maximum absolute atomic E-state index is 13.7. The van der Waals surface area contributed by atoms with Crippen LogP contribution in [0.15, 0.2) is 33.9 Å². The molecule has 2 rings (SSSR count). The Morgan fingerprint density at radius 2 is 2.10 bits per heavy atom. The Labute approximate surface area is 125 Å². The highest BCUT2D eigenvalue weighted by atomic mass is 32.2. The Bertz CT molecular complexity index is 783. The van der Waals surface area contributed by atoms with Crippen molar-refractivity contribution in [2.75, 3.05) is 0 Å². The molecule has 0 fully saturated rings. The first kappa shape index (κ1) is 15.6. The highest BCUT2D eigenvalue weighted by Gasteiger charge is 2.21. The molecule has 1 heterocycles. The zero-order chi connectivity index (χ0) is 15.6. The molecule has 0 radical (unpaired) electrons. The summed E-state index contributed by atoms with van der Waals surface area (Å²) >= 11 is 1.44. The molecular formula is C13H12FNO4S2. The van der Waals surface area contributed by atoms with E-state index in [1.54, 1.807) is 5.38 Å². The molecule has 1 aromatic carbocycles. The van der Waals surface area contributed by atoms with Crippen LogP contribution in [-0.2, 0) is 16.6 Å². The molecule has 2 N–H and O–H groups in total. The van der Waals surface area contributed by atoms with Crippen LogP contribution in [0.2, 0.25) is 0 Å². The summed E-state index contributed by atoms with van der Waals surface area (Å²) in [4.78, 5) is 10.2. The zero-order valence-corrected chi connectivity index (χ0v) is 12.6. The first-order valence-corrected chi connectivity index (χ1v) is 8.28. The Morgan fingerprint density at radius 3 is 2.67 bits per heavy atom. The maximum atomic E-state index is 13.7. The summed E-state index contributed by atoms with van der Waals surface area (Å²) in [6.07, 6.45) is 0. The van der Waals surface area contributed by atoms with Gasteiger partial charge in [-0.1, -0.05) is 0 Å². The number of hydrogen-bond donors (Lipinski definition) is 2. The van der Waals surface area contributed by atoms with Crippen molar-refractivity contribution in [1.29, 1.82) is 0 Å². The highest BCUT2D eigenvalue weighted by Crippen LogP contribution is 2.18. The van der Waals surface area contributed by atoms with E-state index < -0.39 is 26.7 Å². The average Bonchev–Trinajstić information content (AvgIpc) is 2.82. The summed E-state index contributed by atoms with van der Waals surface area (Å²) in [6.45, 7) is 1.86. The minimum Gasteiger partial charge on any atom is -0.478 e. The fourth-order valence-electron chi connectivity index (χ4n) is 1.66. The van der Waals surface area contributed by atoms with Crippen molar-refractivity contribution in [3.8, 4) is 0 Å². The first-order valence-electron chi connectivity index (χ1n) is 5.85. The number of halogens is 1. The molecule has 112 valence electrons. The van der Waals surface area contributed by atoms with E-state index in [2.05, 4.69) is 4.72 Å². The van der Waals surface area contributed by atoms with Crippen molar-refractivity contribution < 1.29 is 22.7 Å². The normalized spacial score (nSPS) is 11.5. The molecule has 0 saturated carbocycles. The van der Waals surface area contributed by atoms with Crippen molar-refractivity contribution in [3.05, 3.63) is 51.5 Å². The summed E-state index contributed by atoms with van der Waals surface area (Å²) in [6, 6.07) is 2.65. The number of rotatable bonds is 5. The second kappa shape index (κ2) is 5.92. The van der Waals surface area contributed by atoms with Crippen LogP contribution < -0.4 is 4.72 Å². The Hall–Kier alpha value is -1.77. The van der Waals surface area contributed by atoms with Gasteiger partial charge in [0.2, 0.25) is 10.0 Å². The van der Waals surface area contributed by atoms with Gasteiger partial charge >= 0.3 is 5.97 Å². The molecule has 8 heteroatoms. The molecule has 0 amide bonds. The third kappa shape index (κ3) is 3.46. The van der Waals surface area contributed by atoms with Crippen LogP contribution in [0.25, 0.3) is 0 Å². The van der Waals surface area contributed by atoms with E-state index >= 15 is 0 Å². The van der Waals surface area contributed by atoms with Gasteiger partial charge in [0.05, 0.1) is 5.56 Å². The molecule has 0 aliphatic heterocycles. The van der Waals surface area contributed by atoms with Crippen LogP contribution in [0.3, 0.4) is 0 Å². The third-order valence-electron chi connectivity index (χ3n) is 2.88. The van der Waals surface area contributed by atoms with E-state index in [4.69, 9.17) is 5.11 Å². The molecule has 0 unspecified atom stereocenters. The first-order chi connectivity index (χ1) is 9.81. The molecule has 5 nitrogen and oxygen atoms in total. The Balaban J connectivity index is 2.29.